The monoisotopic (exact) mass is 759 g/mol. The number of aryl methyl sites for hydroxylation is 3. The molecule has 59 heavy (non-hydrogen) atoms. The van der Waals surface area contributed by atoms with E-state index >= 15 is 0 Å². The Morgan fingerprint density at radius 3 is 1.64 bits per heavy atom. The number of fused-ring (bicyclic) bond motifs is 6. The van der Waals surface area contributed by atoms with Gasteiger partial charge in [-0.15, -0.1) is 0 Å². The molecular formula is C57H45NO. The van der Waals surface area contributed by atoms with E-state index in [0.717, 1.165) is 16.7 Å². The molecule has 0 saturated heterocycles. The van der Waals surface area contributed by atoms with Crippen LogP contribution in [0.3, 0.4) is 0 Å². The van der Waals surface area contributed by atoms with Gasteiger partial charge in [0.1, 0.15) is 11.2 Å². The Bertz CT molecular complexity index is 3160. The summed E-state index contributed by atoms with van der Waals surface area (Å²) in [5, 5.41) is 4.88. The van der Waals surface area contributed by atoms with Gasteiger partial charge in [-0.3, -0.25) is 0 Å². The highest BCUT2D eigenvalue weighted by Gasteiger charge is 2.17. The number of aromatic nitrogens is 1. The van der Waals surface area contributed by atoms with E-state index in [-0.39, 0.29) is 0 Å². The molecule has 2 nitrogen and oxygen atoms in total. The van der Waals surface area contributed by atoms with Gasteiger partial charge in [-0.25, -0.2) is 0 Å². The maximum absolute atomic E-state index is 6.39. The van der Waals surface area contributed by atoms with Crippen molar-refractivity contribution in [2.45, 2.75) is 20.8 Å². The minimum atomic E-state index is 0.935. The van der Waals surface area contributed by atoms with Gasteiger partial charge in [0.2, 0.25) is 0 Å². The van der Waals surface area contributed by atoms with Crippen LogP contribution in [0.2, 0.25) is 0 Å². The first kappa shape index (κ1) is 37.2. The summed E-state index contributed by atoms with van der Waals surface area (Å²) in [7, 11) is 0. The Kier molecular flexibility index (Phi) is 10.5. The molecule has 0 atom stereocenters. The van der Waals surface area contributed by atoms with E-state index in [0.29, 0.717) is 0 Å². The molecule has 2 heterocycles. The van der Waals surface area contributed by atoms with Gasteiger partial charge in [0, 0.05) is 32.8 Å². The topological polar surface area (TPSA) is 18.1 Å². The van der Waals surface area contributed by atoms with Crippen molar-refractivity contribution in [2.75, 3.05) is 0 Å². The summed E-state index contributed by atoms with van der Waals surface area (Å²) < 4.78 is 8.74. The van der Waals surface area contributed by atoms with Crippen molar-refractivity contribution in [3.05, 3.63) is 235 Å². The minimum Gasteiger partial charge on any atom is -0.455 e. The van der Waals surface area contributed by atoms with Gasteiger partial charge in [0.25, 0.3) is 0 Å². The van der Waals surface area contributed by atoms with E-state index in [9.17, 15) is 0 Å². The van der Waals surface area contributed by atoms with Gasteiger partial charge >= 0.3 is 0 Å². The average Bonchev–Trinajstić information content (AvgIpc) is 3.85. The fraction of sp³-hybridized carbons (Fsp3) is 0.0526. The number of para-hydroxylation sites is 3. The van der Waals surface area contributed by atoms with Crippen LogP contribution in [0.1, 0.15) is 16.7 Å². The molecule has 11 rings (SSSR count). The molecule has 2 aromatic heterocycles. The molecule has 0 bridgehead atoms. The van der Waals surface area contributed by atoms with E-state index in [2.05, 4.69) is 226 Å². The molecule has 0 fully saturated rings. The Balaban J connectivity index is 0.000000141. The van der Waals surface area contributed by atoms with Gasteiger partial charge in [0.15, 0.2) is 0 Å². The second kappa shape index (κ2) is 16.6. The van der Waals surface area contributed by atoms with Crippen LogP contribution in [0.25, 0.3) is 82.8 Å². The van der Waals surface area contributed by atoms with Crippen molar-refractivity contribution >= 4 is 43.7 Å². The van der Waals surface area contributed by atoms with Crippen LogP contribution >= 0.6 is 0 Å². The molecular weight excluding hydrogens is 715 g/mol. The number of furan rings is 1. The van der Waals surface area contributed by atoms with Crippen LogP contribution in [0.5, 0.6) is 0 Å². The van der Waals surface area contributed by atoms with E-state index in [4.69, 9.17) is 4.42 Å². The molecule has 0 amide bonds. The Morgan fingerprint density at radius 2 is 0.915 bits per heavy atom. The van der Waals surface area contributed by atoms with Gasteiger partial charge < -0.3 is 8.98 Å². The van der Waals surface area contributed by atoms with Crippen molar-refractivity contribution in [2.24, 2.45) is 0 Å². The van der Waals surface area contributed by atoms with E-state index < -0.39 is 0 Å². The Labute approximate surface area is 346 Å². The lowest BCUT2D eigenvalue weighted by Crippen LogP contribution is -1.92. The second-order valence-corrected chi connectivity index (χ2v) is 15.1. The Hall–Kier alpha value is -7.42. The van der Waals surface area contributed by atoms with Crippen LogP contribution < -0.4 is 0 Å². The van der Waals surface area contributed by atoms with Gasteiger partial charge in [-0.05, 0) is 96.1 Å². The first-order chi connectivity index (χ1) is 29.0. The first-order valence-electron chi connectivity index (χ1n) is 20.3. The van der Waals surface area contributed by atoms with Crippen LogP contribution in [0, 0.1) is 20.8 Å². The summed E-state index contributed by atoms with van der Waals surface area (Å²) in [6.07, 6.45) is 0. The van der Waals surface area contributed by atoms with Crippen LogP contribution in [-0.4, -0.2) is 4.57 Å². The maximum Gasteiger partial charge on any atom is 0.143 e. The highest BCUT2D eigenvalue weighted by Crippen LogP contribution is 2.40. The highest BCUT2D eigenvalue weighted by atomic mass is 16.3. The lowest BCUT2D eigenvalue weighted by atomic mass is 9.98. The van der Waals surface area contributed by atoms with Crippen molar-refractivity contribution in [3.8, 4) is 39.1 Å². The standard InChI is InChI=1S/C31H21NO.2C13H12/c1-20-15-17-23(31-30(20)25-12-6-8-14-29(25)33-31)21-16-18-28-26(19-21)24-11-5-7-13-27(24)32(28)22-9-3-2-4-10-22;1-11-7-5-6-10-13(11)12-8-3-2-4-9-12;1-11-7-9-13(10-8-11)12-5-3-2-4-6-12/h2-19H,1H3;2*2-10H,1H3. The van der Waals surface area contributed by atoms with Gasteiger partial charge in [-0.1, -0.05) is 188 Å². The fourth-order valence-corrected chi connectivity index (χ4v) is 8.11. The number of nitrogens with zero attached hydrogens (tertiary/aromatic N) is 1. The summed E-state index contributed by atoms with van der Waals surface area (Å²) in [6, 6.07) is 76.6. The van der Waals surface area contributed by atoms with E-state index in [1.54, 1.807) is 0 Å². The lowest BCUT2D eigenvalue weighted by Gasteiger charge is -2.08. The number of hydrogen-bond donors (Lipinski definition) is 0. The molecule has 2 heteroatoms. The highest BCUT2D eigenvalue weighted by molar-refractivity contribution is 6.14. The number of hydrogen-bond acceptors (Lipinski definition) is 1. The third-order valence-corrected chi connectivity index (χ3v) is 11.1. The molecule has 0 unspecified atom stereocenters. The summed E-state index contributed by atoms with van der Waals surface area (Å²) >= 11 is 0. The molecule has 0 aliphatic carbocycles. The van der Waals surface area contributed by atoms with E-state index in [1.165, 1.54) is 82.8 Å². The largest absolute Gasteiger partial charge is 0.455 e. The summed E-state index contributed by atoms with van der Waals surface area (Å²) in [6.45, 7) is 6.40. The molecule has 9 aromatic carbocycles. The van der Waals surface area contributed by atoms with E-state index in [1.807, 2.05) is 18.2 Å². The SMILES string of the molecule is Cc1ccc(-c2ccc3c(c2)c2ccccc2n3-c2ccccc2)c2oc3ccccc3c12.Cc1ccc(-c2ccccc2)cc1.Cc1ccccc1-c1ccccc1. The first-order valence-corrected chi connectivity index (χ1v) is 20.3. The third-order valence-electron chi connectivity index (χ3n) is 11.1. The van der Waals surface area contributed by atoms with Crippen LogP contribution in [0.4, 0.5) is 0 Å². The molecule has 11 aromatic rings. The average molecular weight is 760 g/mol. The zero-order valence-electron chi connectivity index (χ0n) is 33.6. The molecule has 0 radical (unpaired) electrons. The number of rotatable bonds is 4. The zero-order chi connectivity index (χ0) is 40.1. The zero-order valence-corrected chi connectivity index (χ0v) is 33.6. The third kappa shape index (κ3) is 7.57. The maximum atomic E-state index is 6.39. The van der Waals surface area contributed by atoms with Crippen molar-refractivity contribution in [1.82, 2.24) is 4.57 Å². The summed E-state index contributed by atoms with van der Waals surface area (Å²) in [5.74, 6) is 0. The fourth-order valence-electron chi connectivity index (χ4n) is 8.11. The quantitative estimate of drug-likeness (QED) is 0.175. The van der Waals surface area contributed by atoms with Crippen LogP contribution in [0.15, 0.2) is 223 Å². The predicted molar refractivity (Wildman–Crippen MR) is 251 cm³/mol. The molecule has 0 N–H and O–H groups in total. The second-order valence-electron chi connectivity index (χ2n) is 15.1. The Morgan fingerprint density at radius 1 is 0.356 bits per heavy atom. The molecule has 0 aliphatic heterocycles. The smallest absolute Gasteiger partial charge is 0.143 e. The molecule has 284 valence electrons. The summed E-state index contributed by atoms with van der Waals surface area (Å²) in [4.78, 5) is 0. The number of benzene rings is 9. The predicted octanol–water partition coefficient (Wildman–Crippen LogP) is 16.0. The molecule has 0 spiro atoms. The summed E-state index contributed by atoms with van der Waals surface area (Å²) in [5.41, 5.74) is 16.8. The van der Waals surface area contributed by atoms with Gasteiger partial charge in [-0.2, -0.15) is 0 Å². The van der Waals surface area contributed by atoms with Crippen LogP contribution in [-0.2, 0) is 0 Å². The van der Waals surface area contributed by atoms with Crippen molar-refractivity contribution < 1.29 is 4.42 Å². The molecule has 0 saturated carbocycles. The van der Waals surface area contributed by atoms with Gasteiger partial charge in [0.05, 0.1) is 11.0 Å². The minimum absolute atomic E-state index is 0.935. The molecule has 0 aliphatic rings. The van der Waals surface area contributed by atoms with Crippen molar-refractivity contribution in [1.29, 1.82) is 0 Å². The van der Waals surface area contributed by atoms with Crippen molar-refractivity contribution in [3.63, 3.8) is 0 Å². The lowest BCUT2D eigenvalue weighted by molar-refractivity contribution is 0.670. The normalized spacial score (nSPS) is 11.0.